The van der Waals surface area contributed by atoms with Crippen molar-refractivity contribution in [2.75, 3.05) is 19.6 Å². The maximum Gasteiger partial charge on any atom is 0.0119 e. The normalized spacial score (nSPS) is 24.5. The van der Waals surface area contributed by atoms with Gasteiger partial charge in [-0.3, -0.25) is 0 Å². The Morgan fingerprint density at radius 3 is 2.77 bits per heavy atom. The zero-order chi connectivity index (χ0) is 9.68. The summed E-state index contributed by atoms with van der Waals surface area (Å²) in [5.41, 5.74) is 5.49. The van der Waals surface area contributed by atoms with E-state index < -0.39 is 0 Å². The minimum absolute atomic E-state index is 0.820. The fourth-order valence-corrected chi connectivity index (χ4v) is 2.34. The third-order valence-corrected chi connectivity index (χ3v) is 3.08. The molecule has 2 heteroatoms. The van der Waals surface area contributed by atoms with Crippen LogP contribution in [0.3, 0.4) is 0 Å². The van der Waals surface area contributed by atoms with Gasteiger partial charge in [0.25, 0.3) is 0 Å². The number of hydrogen-bond acceptors (Lipinski definition) is 2. The molecule has 0 radical (unpaired) electrons. The molecule has 0 spiro atoms. The van der Waals surface area contributed by atoms with Crippen molar-refractivity contribution in [3.05, 3.63) is 0 Å². The minimum Gasteiger partial charge on any atom is -0.330 e. The zero-order valence-electron chi connectivity index (χ0n) is 9.13. The Labute approximate surface area is 82.5 Å². The average molecular weight is 184 g/mol. The molecule has 1 atom stereocenters. The van der Waals surface area contributed by atoms with Crippen LogP contribution in [0.4, 0.5) is 0 Å². The second kappa shape index (κ2) is 5.61. The molecule has 13 heavy (non-hydrogen) atoms. The second-order valence-corrected chi connectivity index (χ2v) is 4.49. The van der Waals surface area contributed by atoms with Crippen LogP contribution >= 0.6 is 0 Å². The van der Waals surface area contributed by atoms with Gasteiger partial charge in [0.05, 0.1) is 0 Å². The van der Waals surface area contributed by atoms with Crippen molar-refractivity contribution in [2.24, 2.45) is 11.7 Å². The monoisotopic (exact) mass is 184 g/mol. The van der Waals surface area contributed by atoms with Crippen molar-refractivity contribution in [2.45, 2.75) is 45.6 Å². The summed E-state index contributed by atoms with van der Waals surface area (Å²) in [5, 5.41) is 0. The summed E-state index contributed by atoms with van der Waals surface area (Å²) in [6.07, 6.45) is 5.26. The molecule has 1 aliphatic heterocycles. The van der Waals surface area contributed by atoms with E-state index in [4.69, 9.17) is 5.73 Å². The topological polar surface area (TPSA) is 29.3 Å². The first-order valence-electron chi connectivity index (χ1n) is 5.70. The van der Waals surface area contributed by atoms with Crippen LogP contribution in [0.2, 0.25) is 0 Å². The van der Waals surface area contributed by atoms with Gasteiger partial charge in [-0.1, -0.05) is 13.8 Å². The number of hydrogen-bond donors (Lipinski definition) is 1. The SMILES string of the molecule is CC(C)C1CCCN1CCCCN. The van der Waals surface area contributed by atoms with Gasteiger partial charge in [-0.05, 0) is 51.2 Å². The van der Waals surface area contributed by atoms with E-state index in [1.165, 1.54) is 38.8 Å². The van der Waals surface area contributed by atoms with Gasteiger partial charge < -0.3 is 10.6 Å². The van der Waals surface area contributed by atoms with Crippen LogP contribution in [0.1, 0.15) is 39.5 Å². The van der Waals surface area contributed by atoms with Gasteiger partial charge in [0.2, 0.25) is 0 Å². The van der Waals surface area contributed by atoms with E-state index in [1.807, 2.05) is 0 Å². The lowest BCUT2D eigenvalue weighted by Gasteiger charge is -2.27. The molecule has 0 saturated carbocycles. The fourth-order valence-electron chi connectivity index (χ4n) is 2.34. The third kappa shape index (κ3) is 3.28. The molecule has 1 rings (SSSR count). The van der Waals surface area contributed by atoms with Crippen molar-refractivity contribution < 1.29 is 0 Å². The number of rotatable bonds is 5. The van der Waals surface area contributed by atoms with Crippen LogP contribution in [-0.4, -0.2) is 30.6 Å². The van der Waals surface area contributed by atoms with Gasteiger partial charge in [0.15, 0.2) is 0 Å². The molecule has 0 aromatic heterocycles. The summed E-state index contributed by atoms with van der Waals surface area (Å²) >= 11 is 0. The maximum atomic E-state index is 5.49. The predicted molar refractivity (Wildman–Crippen MR) is 57.7 cm³/mol. The molecule has 78 valence electrons. The van der Waals surface area contributed by atoms with Gasteiger partial charge in [-0.25, -0.2) is 0 Å². The molecule has 0 aromatic rings. The highest BCUT2D eigenvalue weighted by atomic mass is 15.2. The molecule has 1 fully saturated rings. The van der Waals surface area contributed by atoms with Gasteiger partial charge in [-0.15, -0.1) is 0 Å². The standard InChI is InChI=1S/C11H24N2/c1-10(2)11-6-5-9-13(11)8-4-3-7-12/h10-11H,3-9,12H2,1-2H3. The first-order valence-corrected chi connectivity index (χ1v) is 5.70. The van der Waals surface area contributed by atoms with E-state index in [1.54, 1.807) is 0 Å². The van der Waals surface area contributed by atoms with Crippen LogP contribution < -0.4 is 5.73 Å². The Balaban J connectivity index is 2.23. The number of nitrogens with two attached hydrogens (primary N) is 1. The van der Waals surface area contributed by atoms with Crippen LogP contribution in [0.5, 0.6) is 0 Å². The molecule has 1 unspecified atom stereocenters. The molecule has 2 N–H and O–H groups in total. The highest BCUT2D eigenvalue weighted by Crippen LogP contribution is 2.23. The Kier molecular flexibility index (Phi) is 4.74. The number of unbranched alkanes of at least 4 members (excludes halogenated alkanes) is 1. The fraction of sp³-hybridized carbons (Fsp3) is 1.00. The Bertz CT molecular complexity index is 134. The lowest BCUT2D eigenvalue weighted by atomic mass is 10.0. The summed E-state index contributed by atoms with van der Waals surface area (Å²) < 4.78 is 0. The molecule has 1 aliphatic rings. The van der Waals surface area contributed by atoms with Crippen molar-refractivity contribution in [1.29, 1.82) is 0 Å². The Hall–Kier alpha value is -0.0800. The Morgan fingerprint density at radius 1 is 1.38 bits per heavy atom. The lowest BCUT2D eigenvalue weighted by molar-refractivity contribution is 0.203. The minimum atomic E-state index is 0.820. The van der Waals surface area contributed by atoms with E-state index >= 15 is 0 Å². The smallest absolute Gasteiger partial charge is 0.0119 e. The van der Waals surface area contributed by atoms with Crippen molar-refractivity contribution in [1.82, 2.24) is 4.90 Å². The molecule has 0 bridgehead atoms. The summed E-state index contributed by atoms with van der Waals surface area (Å²) in [4.78, 5) is 2.65. The average Bonchev–Trinajstić information content (AvgIpc) is 2.53. The van der Waals surface area contributed by atoms with Crippen LogP contribution in [-0.2, 0) is 0 Å². The van der Waals surface area contributed by atoms with E-state index in [9.17, 15) is 0 Å². The molecule has 1 saturated heterocycles. The van der Waals surface area contributed by atoms with E-state index in [2.05, 4.69) is 18.7 Å². The highest BCUT2D eigenvalue weighted by Gasteiger charge is 2.25. The molecule has 1 heterocycles. The third-order valence-electron chi connectivity index (χ3n) is 3.08. The van der Waals surface area contributed by atoms with Gasteiger partial charge >= 0.3 is 0 Å². The lowest BCUT2D eigenvalue weighted by Crippen LogP contribution is -2.34. The summed E-state index contributed by atoms with van der Waals surface area (Å²) in [5.74, 6) is 0.820. The van der Waals surface area contributed by atoms with E-state index in [0.717, 1.165) is 18.5 Å². The first kappa shape index (κ1) is 11.0. The molecule has 2 nitrogen and oxygen atoms in total. The van der Waals surface area contributed by atoms with Crippen LogP contribution in [0.15, 0.2) is 0 Å². The van der Waals surface area contributed by atoms with Gasteiger partial charge in [0, 0.05) is 6.04 Å². The Morgan fingerprint density at radius 2 is 2.15 bits per heavy atom. The highest BCUT2D eigenvalue weighted by molar-refractivity contribution is 4.81. The molecular weight excluding hydrogens is 160 g/mol. The molecule has 0 aliphatic carbocycles. The summed E-state index contributed by atoms with van der Waals surface area (Å²) in [6.45, 7) is 8.10. The largest absolute Gasteiger partial charge is 0.330 e. The maximum absolute atomic E-state index is 5.49. The van der Waals surface area contributed by atoms with Crippen molar-refractivity contribution in [3.8, 4) is 0 Å². The predicted octanol–water partition coefficient (Wildman–Crippen LogP) is 1.85. The van der Waals surface area contributed by atoms with Crippen molar-refractivity contribution >= 4 is 0 Å². The van der Waals surface area contributed by atoms with E-state index in [-0.39, 0.29) is 0 Å². The van der Waals surface area contributed by atoms with Crippen molar-refractivity contribution in [3.63, 3.8) is 0 Å². The van der Waals surface area contributed by atoms with Gasteiger partial charge in [0.1, 0.15) is 0 Å². The number of likely N-dealkylation sites (tertiary alicyclic amines) is 1. The van der Waals surface area contributed by atoms with Crippen LogP contribution in [0.25, 0.3) is 0 Å². The first-order chi connectivity index (χ1) is 6.25. The molecular formula is C11H24N2. The zero-order valence-corrected chi connectivity index (χ0v) is 9.13. The van der Waals surface area contributed by atoms with E-state index in [0.29, 0.717) is 0 Å². The van der Waals surface area contributed by atoms with Crippen LogP contribution in [0, 0.1) is 5.92 Å². The summed E-state index contributed by atoms with van der Waals surface area (Å²) in [6, 6.07) is 0.845. The second-order valence-electron chi connectivity index (χ2n) is 4.49. The molecule has 0 amide bonds. The quantitative estimate of drug-likeness (QED) is 0.661. The number of nitrogens with zero attached hydrogens (tertiary/aromatic N) is 1. The molecule has 0 aromatic carbocycles. The summed E-state index contributed by atoms with van der Waals surface area (Å²) in [7, 11) is 0. The van der Waals surface area contributed by atoms with Gasteiger partial charge in [-0.2, -0.15) is 0 Å².